The summed E-state index contributed by atoms with van der Waals surface area (Å²) in [5, 5.41) is 0. The van der Waals surface area contributed by atoms with Gasteiger partial charge in [0.25, 0.3) is 0 Å². The lowest BCUT2D eigenvalue weighted by Crippen LogP contribution is -2.09. The zero-order chi connectivity index (χ0) is 11.5. The van der Waals surface area contributed by atoms with E-state index in [-0.39, 0.29) is 18.1 Å². The Morgan fingerprint density at radius 3 is 2.73 bits per heavy atom. The Morgan fingerprint density at radius 1 is 1.47 bits per heavy atom. The van der Waals surface area contributed by atoms with Gasteiger partial charge < -0.3 is 4.74 Å². The average Bonchev–Trinajstić information content (AvgIpc) is 2.09. The SMILES string of the molecule is Cc1ccc(F)c(OCCS(=O)(=O)Cl)c1. The highest BCUT2D eigenvalue weighted by atomic mass is 35.7. The third-order valence-corrected chi connectivity index (χ3v) is 2.79. The summed E-state index contributed by atoms with van der Waals surface area (Å²) in [6.45, 7) is 1.62. The lowest BCUT2D eigenvalue weighted by atomic mass is 10.2. The first-order valence-electron chi connectivity index (χ1n) is 4.20. The highest BCUT2D eigenvalue weighted by Gasteiger charge is 2.07. The number of halogens is 2. The van der Waals surface area contributed by atoms with Gasteiger partial charge in [0.2, 0.25) is 9.05 Å². The fraction of sp³-hybridized carbons (Fsp3) is 0.333. The molecule has 1 rings (SSSR count). The fourth-order valence-electron chi connectivity index (χ4n) is 0.972. The number of hydrogen-bond acceptors (Lipinski definition) is 3. The monoisotopic (exact) mass is 252 g/mol. The molecule has 0 unspecified atom stereocenters. The second-order valence-corrected chi connectivity index (χ2v) is 5.92. The van der Waals surface area contributed by atoms with Gasteiger partial charge in [0, 0.05) is 10.7 Å². The second kappa shape index (κ2) is 4.81. The Hall–Kier alpha value is -0.810. The van der Waals surface area contributed by atoms with Crippen molar-refractivity contribution < 1.29 is 17.5 Å². The van der Waals surface area contributed by atoms with Gasteiger partial charge in [-0.1, -0.05) is 6.07 Å². The van der Waals surface area contributed by atoms with E-state index < -0.39 is 14.9 Å². The molecule has 84 valence electrons. The van der Waals surface area contributed by atoms with Gasteiger partial charge >= 0.3 is 0 Å². The summed E-state index contributed by atoms with van der Waals surface area (Å²) in [7, 11) is 1.38. The molecule has 0 aliphatic carbocycles. The van der Waals surface area contributed by atoms with E-state index in [0.717, 1.165) is 5.56 Å². The van der Waals surface area contributed by atoms with Crippen molar-refractivity contribution in [3.05, 3.63) is 29.6 Å². The van der Waals surface area contributed by atoms with Crippen LogP contribution in [0.3, 0.4) is 0 Å². The molecule has 6 heteroatoms. The molecule has 0 aliphatic rings. The molecule has 1 aromatic rings. The summed E-state index contributed by atoms with van der Waals surface area (Å²) in [6.07, 6.45) is 0. The maximum absolute atomic E-state index is 13.1. The number of hydrogen-bond donors (Lipinski definition) is 0. The molecule has 0 amide bonds. The number of aryl methyl sites for hydroxylation is 1. The highest BCUT2D eigenvalue weighted by Crippen LogP contribution is 2.18. The minimum absolute atomic E-state index is 0.0373. The Balaban J connectivity index is 2.61. The van der Waals surface area contributed by atoms with Gasteiger partial charge in [-0.3, -0.25) is 0 Å². The predicted octanol–water partition coefficient (Wildman–Crippen LogP) is 2.08. The molecule has 0 aromatic heterocycles. The van der Waals surface area contributed by atoms with Gasteiger partial charge in [0.15, 0.2) is 11.6 Å². The first kappa shape index (κ1) is 12.3. The van der Waals surface area contributed by atoms with E-state index in [0.29, 0.717) is 0 Å². The van der Waals surface area contributed by atoms with Crippen molar-refractivity contribution in [2.24, 2.45) is 0 Å². The van der Waals surface area contributed by atoms with E-state index in [2.05, 4.69) is 0 Å². The summed E-state index contributed by atoms with van der Waals surface area (Å²) in [4.78, 5) is 0. The van der Waals surface area contributed by atoms with Crippen molar-refractivity contribution in [3.8, 4) is 5.75 Å². The smallest absolute Gasteiger partial charge is 0.235 e. The van der Waals surface area contributed by atoms with Crippen LogP contribution in [0.25, 0.3) is 0 Å². The van der Waals surface area contributed by atoms with E-state index in [1.807, 2.05) is 0 Å². The first-order chi connectivity index (χ1) is 6.88. The Bertz CT molecular complexity index is 445. The molecule has 0 aliphatic heterocycles. The van der Waals surface area contributed by atoms with Crippen molar-refractivity contribution in [1.29, 1.82) is 0 Å². The van der Waals surface area contributed by atoms with Crippen LogP contribution >= 0.6 is 10.7 Å². The van der Waals surface area contributed by atoms with Crippen LogP contribution in [0.4, 0.5) is 4.39 Å². The van der Waals surface area contributed by atoms with Gasteiger partial charge in [0.05, 0.1) is 5.75 Å². The quantitative estimate of drug-likeness (QED) is 0.771. The highest BCUT2D eigenvalue weighted by molar-refractivity contribution is 8.13. The van der Waals surface area contributed by atoms with Crippen LogP contribution in [-0.2, 0) is 9.05 Å². The molecule has 0 fully saturated rings. The zero-order valence-electron chi connectivity index (χ0n) is 8.04. The van der Waals surface area contributed by atoms with E-state index in [9.17, 15) is 12.8 Å². The molecule has 15 heavy (non-hydrogen) atoms. The van der Waals surface area contributed by atoms with Gasteiger partial charge in [0.1, 0.15) is 6.61 Å². The van der Waals surface area contributed by atoms with Crippen LogP contribution in [0.5, 0.6) is 5.75 Å². The molecule has 0 saturated heterocycles. The van der Waals surface area contributed by atoms with E-state index in [1.54, 1.807) is 13.0 Å². The molecule has 0 heterocycles. The van der Waals surface area contributed by atoms with Crippen LogP contribution in [0.15, 0.2) is 18.2 Å². The Morgan fingerprint density at radius 2 is 2.13 bits per heavy atom. The predicted molar refractivity (Wildman–Crippen MR) is 56.3 cm³/mol. The third-order valence-electron chi connectivity index (χ3n) is 1.67. The Kier molecular flexibility index (Phi) is 3.93. The maximum atomic E-state index is 13.1. The summed E-state index contributed by atoms with van der Waals surface area (Å²) in [5.74, 6) is -0.829. The maximum Gasteiger partial charge on any atom is 0.235 e. The minimum atomic E-state index is -3.59. The molecule has 0 spiro atoms. The molecule has 0 bridgehead atoms. The molecular formula is C9H10ClFO3S. The van der Waals surface area contributed by atoms with E-state index in [1.165, 1.54) is 12.1 Å². The van der Waals surface area contributed by atoms with Crippen molar-refractivity contribution in [2.75, 3.05) is 12.4 Å². The lowest BCUT2D eigenvalue weighted by Gasteiger charge is -2.06. The third kappa shape index (κ3) is 4.48. The first-order valence-corrected chi connectivity index (χ1v) is 6.67. The Labute approximate surface area is 92.2 Å². The van der Waals surface area contributed by atoms with Crippen molar-refractivity contribution >= 4 is 19.7 Å². The van der Waals surface area contributed by atoms with Crippen molar-refractivity contribution in [2.45, 2.75) is 6.92 Å². The van der Waals surface area contributed by atoms with Gasteiger partial charge in [-0.15, -0.1) is 0 Å². The number of rotatable bonds is 4. The van der Waals surface area contributed by atoms with Gasteiger partial charge in [-0.25, -0.2) is 12.8 Å². The van der Waals surface area contributed by atoms with Crippen LogP contribution in [0.1, 0.15) is 5.56 Å². The summed E-state index contributed by atoms with van der Waals surface area (Å²) >= 11 is 0. The lowest BCUT2D eigenvalue weighted by molar-refractivity contribution is 0.322. The van der Waals surface area contributed by atoms with Crippen LogP contribution in [0.2, 0.25) is 0 Å². The van der Waals surface area contributed by atoms with Crippen LogP contribution in [0, 0.1) is 12.7 Å². The second-order valence-electron chi connectivity index (χ2n) is 3.03. The summed E-state index contributed by atoms with van der Waals surface area (Å²) in [6, 6.07) is 4.36. The molecule has 3 nitrogen and oxygen atoms in total. The normalized spacial score (nSPS) is 11.4. The standard InChI is InChI=1S/C9H10ClFO3S/c1-7-2-3-8(11)9(6-7)14-4-5-15(10,12)13/h2-3,6H,4-5H2,1H3. The van der Waals surface area contributed by atoms with Crippen molar-refractivity contribution in [3.63, 3.8) is 0 Å². The van der Waals surface area contributed by atoms with Crippen LogP contribution in [-0.4, -0.2) is 20.8 Å². The molecule has 0 atom stereocenters. The van der Waals surface area contributed by atoms with E-state index in [4.69, 9.17) is 15.4 Å². The van der Waals surface area contributed by atoms with Crippen LogP contribution < -0.4 is 4.74 Å². The average molecular weight is 253 g/mol. The fourth-order valence-corrected chi connectivity index (χ4v) is 1.44. The van der Waals surface area contributed by atoms with Gasteiger partial charge in [-0.2, -0.15) is 0 Å². The van der Waals surface area contributed by atoms with Gasteiger partial charge in [-0.05, 0) is 24.6 Å². The van der Waals surface area contributed by atoms with E-state index >= 15 is 0 Å². The molecule has 0 N–H and O–H groups in total. The minimum Gasteiger partial charge on any atom is -0.489 e. The number of ether oxygens (including phenoxy) is 1. The largest absolute Gasteiger partial charge is 0.489 e. The molecular weight excluding hydrogens is 243 g/mol. The molecule has 1 aromatic carbocycles. The topological polar surface area (TPSA) is 43.4 Å². The summed E-state index contributed by atoms with van der Waals surface area (Å²) in [5.41, 5.74) is 0.833. The summed E-state index contributed by atoms with van der Waals surface area (Å²) < 4.78 is 39.2. The zero-order valence-corrected chi connectivity index (χ0v) is 9.61. The molecule has 0 saturated carbocycles. The van der Waals surface area contributed by atoms with Crippen molar-refractivity contribution in [1.82, 2.24) is 0 Å². The molecule has 0 radical (unpaired) electrons. The number of benzene rings is 1.